The number of aromatic hydroxyl groups is 2. The van der Waals surface area contributed by atoms with Crippen molar-refractivity contribution in [1.29, 1.82) is 0 Å². The van der Waals surface area contributed by atoms with E-state index in [0.717, 1.165) is 21.5 Å². The lowest BCUT2D eigenvalue weighted by molar-refractivity contribution is 0.405. The van der Waals surface area contributed by atoms with Crippen LogP contribution in [-0.2, 0) is 0 Å². The van der Waals surface area contributed by atoms with E-state index >= 15 is 0 Å². The summed E-state index contributed by atoms with van der Waals surface area (Å²) in [5.74, 6) is -0.184. The summed E-state index contributed by atoms with van der Waals surface area (Å²) < 4.78 is 0. The highest BCUT2D eigenvalue weighted by Crippen LogP contribution is 2.35. The van der Waals surface area contributed by atoms with Crippen LogP contribution in [0.2, 0.25) is 0 Å². The highest BCUT2D eigenvalue weighted by atomic mass is 16.3. The molecule has 28 heavy (non-hydrogen) atoms. The van der Waals surface area contributed by atoms with E-state index in [-0.39, 0.29) is 11.5 Å². The van der Waals surface area contributed by atoms with Crippen LogP contribution in [0.1, 0.15) is 0 Å². The second-order valence-corrected chi connectivity index (χ2v) is 7.49. The zero-order valence-corrected chi connectivity index (χ0v) is 15.0. The third kappa shape index (κ3) is 2.21. The van der Waals surface area contributed by atoms with Crippen LogP contribution in [-0.4, -0.2) is 10.2 Å². The highest BCUT2D eigenvalue weighted by Gasteiger charge is 2.07. The van der Waals surface area contributed by atoms with Gasteiger partial charge in [-0.1, -0.05) is 24.3 Å². The summed E-state index contributed by atoms with van der Waals surface area (Å²) in [6.07, 6.45) is 0. The number of rotatable bonds is 0. The number of hydrogen-bond donors (Lipinski definition) is 2. The molecule has 2 heteroatoms. The maximum Gasteiger partial charge on any atom is 0.158 e. The van der Waals surface area contributed by atoms with Gasteiger partial charge in [0.25, 0.3) is 0 Å². The first-order chi connectivity index (χ1) is 13.6. The van der Waals surface area contributed by atoms with E-state index in [1.807, 2.05) is 0 Å². The molecule has 0 spiro atoms. The molecule has 2 nitrogen and oxygen atoms in total. The van der Waals surface area contributed by atoms with Crippen LogP contribution < -0.4 is 0 Å². The normalized spacial score (nSPS) is 11.9. The minimum atomic E-state index is -0.0921. The Labute approximate surface area is 160 Å². The fourth-order valence-corrected chi connectivity index (χ4v) is 4.22. The Morgan fingerprint density at radius 2 is 0.571 bits per heavy atom. The van der Waals surface area contributed by atoms with Gasteiger partial charge < -0.3 is 10.2 Å². The summed E-state index contributed by atoms with van der Waals surface area (Å²) in [5, 5.41) is 31.0. The van der Waals surface area contributed by atoms with Crippen LogP contribution in [0.15, 0.2) is 84.9 Å². The molecule has 6 aromatic carbocycles. The van der Waals surface area contributed by atoms with Crippen molar-refractivity contribution in [3.8, 4) is 11.5 Å². The van der Waals surface area contributed by atoms with Crippen molar-refractivity contribution in [2.24, 2.45) is 0 Å². The van der Waals surface area contributed by atoms with Crippen molar-refractivity contribution in [2.75, 3.05) is 0 Å². The lowest BCUT2D eigenvalue weighted by Crippen LogP contribution is -1.82. The molecule has 0 atom stereocenters. The molecule has 0 unspecified atom stereocenters. The molecule has 0 heterocycles. The molecule has 0 aromatic heterocycles. The smallest absolute Gasteiger partial charge is 0.158 e. The van der Waals surface area contributed by atoms with Crippen molar-refractivity contribution in [1.82, 2.24) is 0 Å². The third-order valence-corrected chi connectivity index (χ3v) is 5.66. The summed E-state index contributed by atoms with van der Waals surface area (Å²) in [6.45, 7) is 0. The predicted octanol–water partition coefficient (Wildman–Crippen LogP) is 6.86. The molecule has 6 rings (SSSR count). The van der Waals surface area contributed by atoms with E-state index in [1.165, 1.54) is 32.3 Å². The topological polar surface area (TPSA) is 40.5 Å². The average molecular weight is 360 g/mol. The Morgan fingerprint density at radius 3 is 0.893 bits per heavy atom. The largest absolute Gasteiger partial charge is 0.504 e. The van der Waals surface area contributed by atoms with Crippen molar-refractivity contribution in [3.05, 3.63) is 84.9 Å². The molecule has 0 radical (unpaired) electrons. The summed E-state index contributed by atoms with van der Waals surface area (Å²) in [5.41, 5.74) is 0. The van der Waals surface area contributed by atoms with E-state index < -0.39 is 0 Å². The van der Waals surface area contributed by atoms with Gasteiger partial charge in [-0.3, -0.25) is 0 Å². The zero-order chi connectivity index (χ0) is 18.8. The molecular formula is C26H16O2. The number of benzene rings is 6. The van der Waals surface area contributed by atoms with Gasteiger partial charge in [0.05, 0.1) is 0 Å². The molecule has 0 aliphatic heterocycles. The van der Waals surface area contributed by atoms with E-state index in [1.54, 1.807) is 12.1 Å². The van der Waals surface area contributed by atoms with E-state index in [9.17, 15) is 10.2 Å². The van der Waals surface area contributed by atoms with E-state index in [4.69, 9.17) is 0 Å². The first-order valence-electron chi connectivity index (χ1n) is 9.30. The summed E-state index contributed by atoms with van der Waals surface area (Å²) >= 11 is 0. The van der Waals surface area contributed by atoms with Crippen LogP contribution in [0.3, 0.4) is 0 Å². The van der Waals surface area contributed by atoms with Crippen LogP contribution in [0.4, 0.5) is 0 Å². The minimum absolute atomic E-state index is 0.0921. The number of phenols is 2. The molecule has 0 fully saturated rings. The van der Waals surface area contributed by atoms with Gasteiger partial charge in [0.1, 0.15) is 0 Å². The van der Waals surface area contributed by atoms with Gasteiger partial charge in [-0.15, -0.1) is 0 Å². The molecule has 0 saturated carbocycles. The summed E-state index contributed by atoms with van der Waals surface area (Å²) in [6, 6.07) is 29.2. The van der Waals surface area contributed by atoms with Gasteiger partial charge in [-0.25, -0.2) is 0 Å². The molecule has 0 aliphatic rings. The molecule has 0 amide bonds. The molecule has 0 bridgehead atoms. The number of fused-ring (bicyclic) bond motifs is 5. The second kappa shape index (κ2) is 5.37. The number of phenolic OH excluding ortho intramolecular Hbond substituents is 2. The average Bonchev–Trinajstić information content (AvgIpc) is 2.69. The van der Waals surface area contributed by atoms with Gasteiger partial charge >= 0.3 is 0 Å². The quantitative estimate of drug-likeness (QED) is 0.229. The van der Waals surface area contributed by atoms with Gasteiger partial charge in [0.2, 0.25) is 0 Å². The van der Waals surface area contributed by atoms with Crippen LogP contribution in [0.5, 0.6) is 11.5 Å². The van der Waals surface area contributed by atoms with Crippen molar-refractivity contribution >= 4 is 53.9 Å². The SMILES string of the molecule is Oc1cc2cc3cc4cc5cc6ccccc6cc5cc4cc3cc2cc1O. The fourth-order valence-electron chi connectivity index (χ4n) is 4.22. The maximum absolute atomic E-state index is 9.82. The third-order valence-electron chi connectivity index (χ3n) is 5.66. The van der Waals surface area contributed by atoms with Gasteiger partial charge in [-0.2, -0.15) is 0 Å². The monoisotopic (exact) mass is 360 g/mol. The molecule has 6 aromatic rings. The molecule has 0 saturated heterocycles. The van der Waals surface area contributed by atoms with Gasteiger partial charge in [-0.05, 0) is 115 Å². The Kier molecular flexibility index (Phi) is 2.93. The van der Waals surface area contributed by atoms with Crippen molar-refractivity contribution in [3.63, 3.8) is 0 Å². The predicted molar refractivity (Wildman–Crippen MR) is 117 cm³/mol. The number of hydrogen-bond acceptors (Lipinski definition) is 2. The van der Waals surface area contributed by atoms with Crippen molar-refractivity contribution in [2.45, 2.75) is 0 Å². The molecule has 0 aliphatic carbocycles. The minimum Gasteiger partial charge on any atom is -0.504 e. The van der Waals surface area contributed by atoms with Crippen molar-refractivity contribution < 1.29 is 10.2 Å². The summed E-state index contributed by atoms with van der Waals surface area (Å²) in [4.78, 5) is 0. The second-order valence-electron chi connectivity index (χ2n) is 7.49. The van der Waals surface area contributed by atoms with E-state index in [2.05, 4.69) is 72.8 Å². The Balaban J connectivity index is 1.69. The van der Waals surface area contributed by atoms with Gasteiger partial charge in [0, 0.05) is 0 Å². The lowest BCUT2D eigenvalue weighted by Gasteiger charge is -2.09. The van der Waals surface area contributed by atoms with Crippen LogP contribution in [0, 0.1) is 0 Å². The summed E-state index contributed by atoms with van der Waals surface area (Å²) in [7, 11) is 0. The van der Waals surface area contributed by atoms with Crippen LogP contribution >= 0.6 is 0 Å². The Morgan fingerprint density at radius 1 is 0.321 bits per heavy atom. The highest BCUT2D eigenvalue weighted by molar-refractivity contribution is 6.10. The van der Waals surface area contributed by atoms with Gasteiger partial charge in [0.15, 0.2) is 11.5 Å². The van der Waals surface area contributed by atoms with E-state index in [0.29, 0.717) is 0 Å². The molecular weight excluding hydrogens is 344 g/mol. The zero-order valence-electron chi connectivity index (χ0n) is 15.0. The Bertz CT molecular complexity index is 1460. The Hall–Kier alpha value is -3.78. The maximum atomic E-state index is 9.82. The standard InChI is InChI=1S/C26H16O2/c27-25-13-23-11-21-9-19-7-17-5-15-3-1-2-4-16(15)6-18(17)8-20(19)10-22(21)12-24(23)14-26(25)28/h1-14,27-28H. The first-order valence-corrected chi connectivity index (χ1v) is 9.30. The first kappa shape index (κ1) is 15.3. The lowest BCUT2D eigenvalue weighted by atomic mass is 9.96. The molecule has 2 N–H and O–H groups in total. The van der Waals surface area contributed by atoms with Crippen LogP contribution in [0.25, 0.3) is 53.9 Å². The molecule has 132 valence electrons. The fraction of sp³-hybridized carbons (Fsp3) is 0.